The van der Waals surface area contributed by atoms with Gasteiger partial charge in [0.15, 0.2) is 0 Å². The molecule has 2 rings (SSSR count). The molecule has 98 valence electrons. The lowest BCUT2D eigenvalue weighted by Crippen LogP contribution is -2.57. The summed E-state index contributed by atoms with van der Waals surface area (Å²) < 4.78 is 0. The van der Waals surface area contributed by atoms with Gasteiger partial charge in [0, 0.05) is 25.2 Å². The molecule has 1 aromatic rings. The Hall–Kier alpha value is -1.55. The van der Waals surface area contributed by atoms with E-state index in [-0.39, 0.29) is 23.7 Å². The average Bonchev–Trinajstić information content (AvgIpc) is 2.28. The Morgan fingerprint density at radius 3 is 2.67 bits per heavy atom. The van der Waals surface area contributed by atoms with Crippen molar-refractivity contribution in [2.24, 2.45) is 0 Å². The third-order valence-electron chi connectivity index (χ3n) is 3.38. The number of hydrogen-bond donors (Lipinski definition) is 2. The van der Waals surface area contributed by atoms with Crippen molar-refractivity contribution in [3.63, 3.8) is 0 Å². The molecular weight excluding hydrogens is 228 g/mol. The molecule has 0 radical (unpaired) electrons. The van der Waals surface area contributed by atoms with Gasteiger partial charge in [0.05, 0.1) is 6.42 Å². The molecular formula is C14H20N2O2. The van der Waals surface area contributed by atoms with Crippen LogP contribution in [0.15, 0.2) is 24.3 Å². The van der Waals surface area contributed by atoms with Crippen molar-refractivity contribution in [3.8, 4) is 5.75 Å². The van der Waals surface area contributed by atoms with Crippen LogP contribution in [0.2, 0.25) is 0 Å². The number of aromatic hydroxyl groups is 1. The number of amides is 1. The van der Waals surface area contributed by atoms with E-state index in [1.165, 1.54) is 0 Å². The standard InChI is InChI=1S/C14H20N2O2/c1-10-8-15-9-11(2)16(10)14(18)7-12-4-3-5-13(17)6-12/h3-6,10-11,15,17H,7-9H2,1-2H3. The van der Waals surface area contributed by atoms with E-state index < -0.39 is 0 Å². The third-order valence-corrected chi connectivity index (χ3v) is 3.38. The Morgan fingerprint density at radius 1 is 1.39 bits per heavy atom. The number of benzene rings is 1. The fourth-order valence-corrected chi connectivity index (χ4v) is 2.56. The molecule has 4 nitrogen and oxygen atoms in total. The van der Waals surface area contributed by atoms with Crippen LogP contribution < -0.4 is 5.32 Å². The smallest absolute Gasteiger partial charge is 0.227 e. The van der Waals surface area contributed by atoms with Gasteiger partial charge >= 0.3 is 0 Å². The maximum Gasteiger partial charge on any atom is 0.227 e. The fraction of sp³-hybridized carbons (Fsp3) is 0.500. The van der Waals surface area contributed by atoms with Gasteiger partial charge in [0.1, 0.15) is 5.75 Å². The Labute approximate surface area is 108 Å². The van der Waals surface area contributed by atoms with Crippen LogP contribution in [-0.4, -0.2) is 41.1 Å². The second kappa shape index (κ2) is 5.40. The van der Waals surface area contributed by atoms with Gasteiger partial charge in [-0.15, -0.1) is 0 Å². The number of carbonyl (C=O) groups excluding carboxylic acids is 1. The molecule has 0 spiro atoms. The molecule has 2 N–H and O–H groups in total. The van der Waals surface area contributed by atoms with E-state index in [9.17, 15) is 9.90 Å². The van der Waals surface area contributed by atoms with Crippen LogP contribution in [0.25, 0.3) is 0 Å². The highest BCUT2D eigenvalue weighted by Gasteiger charge is 2.28. The first-order chi connectivity index (χ1) is 8.58. The first-order valence-electron chi connectivity index (χ1n) is 6.37. The van der Waals surface area contributed by atoms with Crippen molar-refractivity contribution in [1.29, 1.82) is 0 Å². The molecule has 1 fully saturated rings. The Bertz CT molecular complexity index is 424. The zero-order valence-corrected chi connectivity index (χ0v) is 10.9. The van der Waals surface area contributed by atoms with Gasteiger partial charge in [-0.3, -0.25) is 4.79 Å². The normalized spacial score (nSPS) is 24.0. The lowest BCUT2D eigenvalue weighted by Gasteiger charge is -2.39. The maximum atomic E-state index is 12.3. The molecule has 1 amide bonds. The number of piperazine rings is 1. The van der Waals surface area contributed by atoms with Gasteiger partial charge in [-0.1, -0.05) is 12.1 Å². The summed E-state index contributed by atoms with van der Waals surface area (Å²) in [5.41, 5.74) is 0.859. The van der Waals surface area contributed by atoms with E-state index in [1.807, 2.05) is 11.0 Å². The predicted octanol–water partition coefficient (Wildman–Crippen LogP) is 1.14. The van der Waals surface area contributed by atoms with Crippen LogP contribution in [0, 0.1) is 0 Å². The van der Waals surface area contributed by atoms with Crippen LogP contribution in [0.1, 0.15) is 19.4 Å². The van der Waals surface area contributed by atoms with Crippen molar-refractivity contribution in [3.05, 3.63) is 29.8 Å². The SMILES string of the molecule is CC1CNCC(C)N1C(=O)Cc1cccc(O)c1. The minimum atomic E-state index is 0.127. The highest BCUT2D eigenvalue weighted by molar-refractivity contribution is 5.79. The molecule has 2 atom stereocenters. The number of nitrogens with one attached hydrogen (secondary N) is 1. The molecule has 0 bridgehead atoms. The van der Waals surface area contributed by atoms with Crippen LogP contribution in [0.3, 0.4) is 0 Å². The first kappa shape index (κ1) is 12.9. The van der Waals surface area contributed by atoms with Crippen molar-refractivity contribution in [1.82, 2.24) is 10.2 Å². The lowest BCUT2D eigenvalue weighted by molar-refractivity contribution is -0.135. The number of phenolic OH excluding ortho intramolecular Hbond substituents is 1. The van der Waals surface area contributed by atoms with E-state index in [0.717, 1.165) is 18.7 Å². The summed E-state index contributed by atoms with van der Waals surface area (Å²) in [5, 5.41) is 12.7. The average molecular weight is 248 g/mol. The van der Waals surface area contributed by atoms with E-state index >= 15 is 0 Å². The largest absolute Gasteiger partial charge is 0.508 e. The first-order valence-corrected chi connectivity index (χ1v) is 6.37. The summed E-state index contributed by atoms with van der Waals surface area (Å²) >= 11 is 0. The molecule has 0 aromatic heterocycles. The summed E-state index contributed by atoms with van der Waals surface area (Å²) in [4.78, 5) is 14.3. The number of hydrogen-bond acceptors (Lipinski definition) is 3. The van der Waals surface area contributed by atoms with E-state index in [4.69, 9.17) is 0 Å². The van der Waals surface area contributed by atoms with Crippen molar-refractivity contribution in [2.75, 3.05) is 13.1 Å². The monoisotopic (exact) mass is 248 g/mol. The number of phenols is 1. The predicted molar refractivity (Wildman–Crippen MR) is 70.5 cm³/mol. The minimum absolute atomic E-state index is 0.127. The van der Waals surface area contributed by atoms with Gasteiger partial charge in [0.25, 0.3) is 0 Å². The molecule has 1 aliphatic heterocycles. The van der Waals surface area contributed by atoms with E-state index in [1.54, 1.807) is 18.2 Å². The van der Waals surface area contributed by atoms with Crippen LogP contribution in [0.5, 0.6) is 5.75 Å². The van der Waals surface area contributed by atoms with Gasteiger partial charge in [-0.25, -0.2) is 0 Å². The second-order valence-corrected chi connectivity index (χ2v) is 5.00. The minimum Gasteiger partial charge on any atom is -0.508 e. The molecule has 1 aliphatic rings. The lowest BCUT2D eigenvalue weighted by atomic mass is 10.1. The molecule has 0 aliphatic carbocycles. The highest BCUT2D eigenvalue weighted by atomic mass is 16.3. The van der Waals surface area contributed by atoms with E-state index in [2.05, 4.69) is 19.2 Å². The van der Waals surface area contributed by atoms with Crippen LogP contribution in [0.4, 0.5) is 0 Å². The molecule has 18 heavy (non-hydrogen) atoms. The molecule has 1 saturated heterocycles. The molecule has 1 aromatic carbocycles. The summed E-state index contributed by atoms with van der Waals surface area (Å²) in [6.07, 6.45) is 0.350. The van der Waals surface area contributed by atoms with Gasteiger partial charge in [-0.05, 0) is 31.5 Å². The van der Waals surface area contributed by atoms with Gasteiger partial charge in [0.2, 0.25) is 5.91 Å². The number of rotatable bonds is 2. The topological polar surface area (TPSA) is 52.6 Å². The molecule has 1 heterocycles. The zero-order chi connectivity index (χ0) is 13.1. The van der Waals surface area contributed by atoms with Crippen molar-refractivity contribution in [2.45, 2.75) is 32.4 Å². The Kier molecular flexibility index (Phi) is 3.87. The van der Waals surface area contributed by atoms with Gasteiger partial charge in [-0.2, -0.15) is 0 Å². The number of carbonyl (C=O) groups is 1. The summed E-state index contributed by atoms with van der Waals surface area (Å²) in [6, 6.07) is 7.34. The second-order valence-electron chi connectivity index (χ2n) is 5.00. The fourth-order valence-electron chi connectivity index (χ4n) is 2.56. The van der Waals surface area contributed by atoms with Gasteiger partial charge < -0.3 is 15.3 Å². The summed E-state index contributed by atoms with van der Waals surface area (Å²) in [6.45, 7) is 5.80. The third kappa shape index (κ3) is 2.82. The summed E-state index contributed by atoms with van der Waals surface area (Å²) in [5.74, 6) is 0.337. The van der Waals surface area contributed by atoms with Crippen molar-refractivity contribution >= 4 is 5.91 Å². The Morgan fingerprint density at radius 2 is 2.06 bits per heavy atom. The van der Waals surface area contributed by atoms with E-state index in [0.29, 0.717) is 6.42 Å². The zero-order valence-electron chi connectivity index (χ0n) is 10.9. The molecule has 4 heteroatoms. The molecule has 2 unspecified atom stereocenters. The van der Waals surface area contributed by atoms with Crippen LogP contribution in [-0.2, 0) is 11.2 Å². The highest BCUT2D eigenvalue weighted by Crippen LogP contribution is 2.15. The number of nitrogens with zero attached hydrogens (tertiary/aromatic N) is 1. The quantitative estimate of drug-likeness (QED) is 0.825. The van der Waals surface area contributed by atoms with Crippen molar-refractivity contribution < 1.29 is 9.90 Å². The Balaban J connectivity index is 2.07. The maximum absolute atomic E-state index is 12.3. The summed E-state index contributed by atoms with van der Waals surface area (Å²) in [7, 11) is 0. The molecule has 0 saturated carbocycles. The van der Waals surface area contributed by atoms with Crippen LogP contribution >= 0.6 is 0 Å².